The average Bonchev–Trinajstić information content (AvgIpc) is 2.47. The molecule has 1 aromatic heterocycles. The molecule has 2 rings (SSSR count). The first-order valence-electron chi connectivity index (χ1n) is 6.77. The van der Waals surface area contributed by atoms with Crippen LogP contribution in [0.2, 0.25) is 0 Å². The van der Waals surface area contributed by atoms with Gasteiger partial charge in [-0.25, -0.2) is 0 Å². The summed E-state index contributed by atoms with van der Waals surface area (Å²) in [6.45, 7) is 2.71. The van der Waals surface area contributed by atoms with Gasteiger partial charge in [-0.05, 0) is 42.3 Å². The number of carboxylic acid groups (broad SMARTS) is 1. The van der Waals surface area contributed by atoms with E-state index in [-0.39, 0.29) is 17.5 Å². The number of rotatable bonds is 6. The summed E-state index contributed by atoms with van der Waals surface area (Å²) in [5, 5.41) is 8.71. The lowest BCUT2D eigenvalue weighted by atomic mass is 10.1. The van der Waals surface area contributed by atoms with Crippen LogP contribution in [-0.2, 0) is 11.2 Å². The smallest absolute Gasteiger partial charge is 0.308 e. The number of hydrogen-bond donors (Lipinski definition) is 2. The SMILES string of the molecule is CCCOc1ccc(-c2ccc(CC(=O)O)c(=O)[nH]2)cc1. The van der Waals surface area contributed by atoms with Gasteiger partial charge in [0.25, 0.3) is 5.56 Å². The van der Waals surface area contributed by atoms with Crippen LogP contribution in [0, 0.1) is 0 Å². The Balaban J connectivity index is 2.20. The third kappa shape index (κ3) is 3.95. The molecule has 5 nitrogen and oxygen atoms in total. The van der Waals surface area contributed by atoms with Crippen molar-refractivity contribution in [1.82, 2.24) is 4.98 Å². The quantitative estimate of drug-likeness (QED) is 0.855. The molecule has 0 bridgehead atoms. The minimum Gasteiger partial charge on any atom is -0.494 e. The molecule has 0 radical (unpaired) electrons. The van der Waals surface area contributed by atoms with E-state index in [0.717, 1.165) is 17.7 Å². The molecule has 0 aliphatic carbocycles. The number of hydrogen-bond acceptors (Lipinski definition) is 3. The van der Waals surface area contributed by atoms with Crippen molar-refractivity contribution in [3.63, 3.8) is 0 Å². The number of nitrogens with one attached hydrogen (secondary N) is 1. The molecule has 110 valence electrons. The zero-order valence-electron chi connectivity index (χ0n) is 11.8. The van der Waals surface area contributed by atoms with E-state index in [4.69, 9.17) is 9.84 Å². The van der Waals surface area contributed by atoms with Crippen molar-refractivity contribution in [2.75, 3.05) is 6.61 Å². The Morgan fingerprint density at radius 1 is 1.19 bits per heavy atom. The first-order valence-corrected chi connectivity index (χ1v) is 6.77. The van der Waals surface area contributed by atoms with Crippen molar-refractivity contribution < 1.29 is 14.6 Å². The maximum atomic E-state index is 11.8. The van der Waals surface area contributed by atoms with Gasteiger partial charge in [0.15, 0.2) is 0 Å². The first kappa shape index (κ1) is 14.8. The highest BCUT2D eigenvalue weighted by atomic mass is 16.5. The van der Waals surface area contributed by atoms with E-state index in [9.17, 15) is 9.59 Å². The molecular weight excluding hydrogens is 270 g/mol. The number of pyridine rings is 1. The molecule has 2 aromatic rings. The van der Waals surface area contributed by atoms with E-state index >= 15 is 0 Å². The van der Waals surface area contributed by atoms with Crippen LogP contribution in [0.5, 0.6) is 5.75 Å². The number of carbonyl (C=O) groups is 1. The Bertz CT molecular complexity index is 673. The van der Waals surface area contributed by atoms with Gasteiger partial charge in [0.1, 0.15) is 5.75 Å². The Kier molecular flexibility index (Phi) is 4.77. The molecule has 0 saturated heterocycles. The van der Waals surface area contributed by atoms with Gasteiger partial charge >= 0.3 is 5.97 Å². The number of benzene rings is 1. The van der Waals surface area contributed by atoms with Crippen LogP contribution in [0.1, 0.15) is 18.9 Å². The van der Waals surface area contributed by atoms with E-state index in [2.05, 4.69) is 4.98 Å². The standard InChI is InChI=1S/C16H17NO4/c1-2-9-21-13-6-3-11(4-7-13)14-8-5-12(10-15(18)19)16(20)17-14/h3-8H,2,9-10H2,1H3,(H,17,20)(H,18,19). The fourth-order valence-corrected chi connectivity index (χ4v) is 1.93. The fraction of sp³-hybridized carbons (Fsp3) is 0.250. The van der Waals surface area contributed by atoms with E-state index in [1.807, 2.05) is 31.2 Å². The Morgan fingerprint density at radius 2 is 1.90 bits per heavy atom. The van der Waals surface area contributed by atoms with Crippen molar-refractivity contribution in [2.24, 2.45) is 0 Å². The highest BCUT2D eigenvalue weighted by Gasteiger charge is 2.07. The molecule has 21 heavy (non-hydrogen) atoms. The third-order valence-electron chi connectivity index (χ3n) is 2.97. The highest BCUT2D eigenvalue weighted by molar-refractivity contribution is 5.70. The molecule has 2 N–H and O–H groups in total. The Labute approximate surface area is 122 Å². The monoisotopic (exact) mass is 287 g/mol. The maximum absolute atomic E-state index is 11.8. The van der Waals surface area contributed by atoms with Crippen LogP contribution in [0.3, 0.4) is 0 Å². The normalized spacial score (nSPS) is 10.3. The summed E-state index contributed by atoms with van der Waals surface area (Å²) in [6.07, 6.45) is 0.666. The molecule has 1 heterocycles. The summed E-state index contributed by atoms with van der Waals surface area (Å²) in [4.78, 5) is 25.1. The van der Waals surface area contributed by atoms with Gasteiger partial charge in [0.05, 0.1) is 13.0 Å². The fourth-order valence-electron chi connectivity index (χ4n) is 1.93. The minimum absolute atomic E-state index is 0.245. The van der Waals surface area contributed by atoms with Crippen LogP contribution in [0.25, 0.3) is 11.3 Å². The Hall–Kier alpha value is -2.56. The largest absolute Gasteiger partial charge is 0.494 e. The lowest BCUT2D eigenvalue weighted by Gasteiger charge is -2.06. The van der Waals surface area contributed by atoms with E-state index in [1.165, 1.54) is 0 Å². The number of carboxylic acids is 1. The van der Waals surface area contributed by atoms with Crippen molar-refractivity contribution in [2.45, 2.75) is 19.8 Å². The molecule has 0 aliphatic heterocycles. The second-order valence-electron chi connectivity index (χ2n) is 4.67. The van der Waals surface area contributed by atoms with Gasteiger partial charge in [0.2, 0.25) is 0 Å². The Morgan fingerprint density at radius 3 is 2.48 bits per heavy atom. The topological polar surface area (TPSA) is 79.4 Å². The van der Waals surface area contributed by atoms with Crippen LogP contribution < -0.4 is 10.3 Å². The number of aromatic nitrogens is 1. The van der Waals surface area contributed by atoms with Crippen molar-refractivity contribution in [3.05, 3.63) is 52.3 Å². The number of aromatic amines is 1. The van der Waals surface area contributed by atoms with Crippen LogP contribution in [0.4, 0.5) is 0 Å². The lowest BCUT2D eigenvalue weighted by molar-refractivity contribution is -0.136. The second-order valence-corrected chi connectivity index (χ2v) is 4.67. The summed E-state index contributed by atoms with van der Waals surface area (Å²) < 4.78 is 5.50. The van der Waals surface area contributed by atoms with Crippen molar-refractivity contribution in [3.8, 4) is 17.0 Å². The molecule has 5 heteroatoms. The predicted molar refractivity (Wildman–Crippen MR) is 79.6 cm³/mol. The van der Waals surface area contributed by atoms with Gasteiger partial charge in [-0.1, -0.05) is 13.0 Å². The number of ether oxygens (including phenoxy) is 1. The zero-order valence-corrected chi connectivity index (χ0v) is 11.8. The average molecular weight is 287 g/mol. The molecule has 1 aromatic carbocycles. The van der Waals surface area contributed by atoms with E-state index < -0.39 is 5.97 Å². The molecule has 0 amide bonds. The van der Waals surface area contributed by atoms with Crippen LogP contribution in [0.15, 0.2) is 41.2 Å². The van der Waals surface area contributed by atoms with Gasteiger partial charge < -0.3 is 14.8 Å². The first-order chi connectivity index (χ1) is 10.1. The second kappa shape index (κ2) is 6.74. The summed E-state index contributed by atoms with van der Waals surface area (Å²) in [5.74, 6) is -0.240. The molecule has 0 unspecified atom stereocenters. The van der Waals surface area contributed by atoms with Crippen LogP contribution >= 0.6 is 0 Å². The molecule has 0 aliphatic rings. The summed E-state index contributed by atoms with van der Waals surface area (Å²) >= 11 is 0. The summed E-state index contributed by atoms with van der Waals surface area (Å²) in [5.41, 5.74) is 1.37. The summed E-state index contributed by atoms with van der Waals surface area (Å²) in [7, 11) is 0. The molecule has 0 spiro atoms. The van der Waals surface area contributed by atoms with Gasteiger partial charge in [-0.2, -0.15) is 0 Å². The van der Waals surface area contributed by atoms with E-state index in [1.54, 1.807) is 12.1 Å². The van der Waals surface area contributed by atoms with Crippen molar-refractivity contribution >= 4 is 5.97 Å². The summed E-state index contributed by atoms with van der Waals surface area (Å²) in [6, 6.07) is 10.6. The molecular formula is C16H17NO4. The maximum Gasteiger partial charge on any atom is 0.308 e. The molecule has 0 saturated carbocycles. The van der Waals surface area contributed by atoms with Crippen molar-refractivity contribution in [1.29, 1.82) is 0 Å². The molecule has 0 atom stereocenters. The number of aliphatic carboxylic acids is 1. The van der Waals surface area contributed by atoms with Gasteiger partial charge in [0, 0.05) is 11.3 Å². The number of H-pyrrole nitrogens is 1. The van der Waals surface area contributed by atoms with Crippen LogP contribution in [-0.4, -0.2) is 22.7 Å². The third-order valence-corrected chi connectivity index (χ3v) is 2.97. The van der Waals surface area contributed by atoms with Gasteiger partial charge in [-0.3, -0.25) is 9.59 Å². The zero-order chi connectivity index (χ0) is 15.2. The lowest BCUT2D eigenvalue weighted by Crippen LogP contribution is -2.16. The highest BCUT2D eigenvalue weighted by Crippen LogP contribution is 2.20. The van der Waals surface area contributed by atoms with E-state index in [0.29, 0.717) is 12.3 Å². The van der Waals surface area contributed by atoms with Gasteiger partial charge in [-0.15, -0.1) is 0 Å². The molecule has 0 fully saturated rings. The minimum atomic E-state index is -1.02. The predicted octanol–water partition coefficient (Wildman–Crippen LogP) is 2.46.